The summed E-state index contributed by atoms with van der Waals surface area (Å²) in [6.07, 6.45) is 2.53. The standard InChI is InChI=1S/C18H18Cl2N4O2S2/c1-2-12-9-14-17(21-11-22-18(14)27-12)23-5-7-24(8-6-23)28(25,26)13-3-4-15(19)16(20)10-13/h3-4,9-11H,2,5-8H2,1H3. The minimum atomic E-state index is -3.62. The van der Waals surface area contributed by atoms with Crippen LogP contribution in [-0.2, 0) is 16.4 Å². The third-order valence-electron chi connectivity index (χ3n) is 4.77. The first-order valence-corrected chi connectivity index (χ1v) is 11.8. The van der Waals surface area contributed by atoms with E-state index in [1.165, 1.54) is 27.4 Å². The lowest BCUT2D eigenvalue weighted by molar-refractivity contribution is 0.384. The fourth-order valence-electron chi connectivity index (χ4n) is 3.25. The summed E-state index contributed by atoms with van der Waals surface area (Å²) in [6, 6.07) is 6.53. The first-order valence-electron chi connectivity index (χ1n) is 8.83. The molecule has 1 saturated heterocycles. The number of rotatable bonds is 4. The van der Waals surface area contributed by atoms with Crippen LogP contribution in [0.2, 0.25) is 10.0 Å². The van der Waals surface area contributed by atoms with Crippen molar-refractivity contribution in [3.63, 3.8) is 0 Å². The number of anilines is 1. The Morgan fingerprint density at radius 1 is 1.07 bits per heavy atom. The molecule has 28 heavy (non-hydrogen) atoms. The number of sulfonamides is 1. The van der Waals surface area contributed by atoms with Gasteiger partial charge in [-0.2, -0.15) is 4.31 Å². The van der Waals surface area contributed by atoms with Crippen molar-refractivity contribution >= 4 is 60.6 Å². The van der Waals surface area contributed by atoms with Crippen LogP contribution in [0.25, 0.3) is 10.2 Å². The van der Waals surface area contributed by atoms with Gasteiger partial charge in [-0.1, -0.05) is 30.1 Å². The number of hydrogen-bond donors (Lipinski definition) is 0. The van der Waals surface area contributed by atoms with Crippen molar-refractivity contribution in [1.82, 2.24) is 14.3 Å². The van der Waals surface area contributed by atoms with Gasteiger partial charge in [0.05, 0.1) is 20.3 Å². The minimum Gasteiger partial charge on any atom is -0.353 e. The number of fused-ring (bicyclic) bond motifs is 1. The largest absolute Gasteiger partial charge is 0.353 e. The average molecular weight is 457 g/mol. The molecule has 1 aromatic carbocycles. The summed E-state index contributed by atoms with van der Waals surface area (Å²) < 4.78 is 27.3. The van der Waals surface area contributed by atoms with Crippen LogP contribution in [0.5, 0.6) is 0 Å². The molecular formula is C18H18Cl2N4O2S2. The van der Waals surface area contributed by atoms with Gasteiger partial charge in [-0.3, -0.25) is 0 Å². The topological polar surface area (TPSA) is 66.4 Å². The summed E-state index contributed by atoms with van der Waals surface area (Å²) in [4.78, 5) is 13.3. The Labute approximate surface area is 177 Å². The van der Waals surface area contributed by atoms with Gasteiger partial charge in [0, 0.05) is 31.1 Å². The molecule has 1 aliphatic rings. The maximum Gasteiger partial charge on any atom is 0.243 e. The molecule has 0 bridgehead atoms. The summed E-state index contributed by atoms with van der Waals surface area (Å²) >= 11 is 13.6. The summed E-state index contributed by atoms with van der Waals surface area (Å²) in [5, 5.41) is 1.60. The van der Waals surface area contributed by atoms with Crippen molar-refractivity contribution in [3.8, 4) is 0 Å². The quantitative estimate of drug-likeness (QED) is 0.591. The monoisotopic (exact) mass is 456 g/mol. The van der Waals surface area contributed by atoms with Crippen molar-refractivity contribution in [3.05, 3.63) is 45.5 Å². The Bertz CT molecular complexity index is 1130. The van der Waals surface area contributed by atoms with Gasteiger partial charge in [-0.05, 0) is 30.7 Å². The molecule has 6 nitrogen and oxygen atoms in total. The molecule has 2 aromatic heterocycles. The van der Waals surface area contributed by atoms with E-state index in [-0.39, 0.29) is 9.92 Å². The Balaban J connectivity index is 1.55. The SMILES string of the molecule is CCc1cc2c(N3CCN(S(=O)(=O)c4ccc(Cl)c(Cl)c4)CC3)ncnc2s1. The van der Waals surface area contributed by atoms with Crippen LogP contribution in [0.3, 0.4) is 0 Å². The van der Waals surface area contributed by atoms with Gasteiger partial charge >= 0.3 is 0 Å². The summed E-state index contributed by atoms with van der Waals surface area (Å²) in [6.45, 7) is 3.98. The van der Waals surface area contributed by atoms with Crippen LogP contribution < -0.4 is 4.90 Å². The van der Waals surface area contributed by atoms with Gasteiger partial charge in [0.1, 0.15) is 17.0 Å². The zero-order valence-electron chi connectivity index (χ0n) is 15.1. The van der Waals surface area contributed by atoms with E-state index in [9.17, 15) is 8.42 Å². The van der Waals surface area contributed by atoms with Crippen molar-refractivity contribution < 1.29 is 8.42 Å². The molecule has 10 heteroatoms. The van der Waals surface area contributed by atoms with E-state index in [1.807, 2.05) is 0 Å². The highest BCUT2D eigenvalue weighted by Crippen LogP contribution is 2.32. The van der Waals surface area contributed by atoms with E-state index < -0.39 is 10.0 Å². The second-order valence-electron chi connectivity index (χ2n) is 6.45. The van der Waals surface area contributed by atoms with E-state index >= 15 is 0 Å². The van der Waals surface area contributed by atoms with E-state index in [2.05, 4.69) is 27.9 Å². The molecule has 3 aromatic rings. The van der Waals surface area contributed by atoms with Crippen LogP contribution in [0.4, 0.5) is 5.82 Å². The van der Waals surface area contributed by atoms with Crippen LogP contribution in [0, 0.1) is 0 Å². The molecule has 0 N–H and O–H groups in total. The number of aromatic nitrogens is 2. The fourth-order valence-corrected chi connectivity index (χ4v) is 5.99. The Morgan fingerprint density at radius 3 is 2.50 bits per heavy atom. The van der Waals surface area contributed by atoms with E-state index in [1.54, 1.807) is 17.7 Å². The Morgan fingerprint density at radius 2 is 1.82 bits per heavy atom. The number of benzene rings is 1. The fraction of sp³-hybridized carbons (Fsp3) is 0.333. The number of hydrogen-bond acceptors (Lipinski definition) is 6. The van der Waals surface area contributed by atoms with Gasteiger partial charge in [0.15, 0.2) is 0 Å². The number of nitrogens with zero attached hydrogens (tertiary/aromatic N) is 4. The number of piperazine rings is 1. The van der Waals surface area contributed by atoms with Gasteiger partial charge in [0.25, 0.3) is 0 Å². The van der Waals surface area contributed by atoms with Crippen LogP contribution >= 0.6 is 34.5 Å². The maximum atomic E-state index is 12.9. The molecule has 0 amide bonds. The van der Waals surface area contributed by atoms with Gasteiger partial charge in [-0.25, -0.2) is 18.4 Å². The van der Waals surface area contributed by atoms with Crippen LogP contribution in [-0.4, -0.2) is 48.9 Å². The smallest absolute Gasteiger partial charge is 0.243 e. The molecule has 0 unspecified atom stereocenters. The van der Waals surface area contributed by atoms with Gasteiger partial charge < -0.3 is 4.90 Å². The predicted octanol–water partition coefficient (Wildman–Crippen LogP) is 4.07. The molecule has 1 fully saturated rings. The number of thiophene rings is 1. The highest BCUT2D eigenvalue weighted by Gasteiger charge is 2.30. The lowest BCUT2D eigenvalue weighted by atomic mass is 10.2. The zero-order valence-corrected chi connectivity index (χ0v) is 18.2. The molecule has 0 spiro atoms. The highest BCUT2D eigenvalue weighted by molar-refractivity contribution is 7.89. The third-order valence-corrected chi connectivity index (χ3v) is 8.60. The van der Waals surface area contributed by atoms with Gasteiger partial charge in [-0.15, -0.1) is 11.3 Å². The summed E-state index contributed by atoms with van der Waals surface area (Å²) in [5.74, 6) is 0.868. The zero-order chi connectivity index (χ0) is 19.9. The molecule has 148 valence electrons. The maximum absolute atomic E-state index is 12.9. The lowest BCUT2D eigenvalue weighted by Crippen LogP contribution is -2.49. The predicted molar refractivity (Wildman–Crippen MR) is 114 cm³/mol. The summed E-state index contributed by atoms with van der Waals surface area (Å²) in [5.41, 5.74) is 0. The third kappa shape index (κ3) is 3.59. The molecular weight excluding hydrogens is 439 g/mol. The molecule has 4 rings (SSSR count). The van der Waals surface area contributed by atoms with E-state index in [4.69, 9.17) is 23.2 Å². The Kier molecular flexibility index (Phi) is 5.50. The molecule has 0 aliphatic carbocycles. The second-order valence-corrected chi connectivity index (χ2v) is 10.3. The number of aryl methyl sites for hydroxylation is 1. The lowest BCUT2D eigenvalue weighted by Gasteiger charge is -2.34. The Hall–Kier alpha value is -1.45. The number of halogens is 2. The van der Waals surface area contributed by atoms with Crippen molar-refractivity contribution in [2.75, 3.05) is 31.1 Å². The second kappa shape index (κ2) is 7.76. The normalized spacial score (nSPS) is 16.0. The van der Waals surface area contributed by atoms with Crippen LogP contribution in [0.1, 0.15) is 11.8 Å². The van der Waals surface area contributed by atoms with Crippen molar-refractivity contribution in [2.24, 2.45) is 0 Å². The average Bonchev–Trinajstić information content (AvgIpc) is 3.13. The molecule has 0 radical (unpaired) electrons. The summed E-state index contributed by atoms with van der Waals surface area (Å²) in [7, 11) is -3.62. The molecule has 0 saturated carbocycles. The molecule has 0 atom stereocenters. The van der Waals surface area contributed by atoms with E-state index in [0.29, 0.717) is 31.2 Å². The molecule has 3 heterocycles. The highest BCUT2D eigenvalue weighted by atomic mass is 35.5. The van der Waals surface area contributed by atoms with Gasteiger partial charge in [0.2, 0.25) is 10.0 Å². The minimum absolute atomic E-state index is 0.158. The molecule has 1 aliphatic heterocycles. The van der Waals surface area contributed by atoms with Crippen molar-refractivity contribution in [1.29, 1.82) is 0 Å². The van der Waals surface area contributed by atoms with Crippen LogP contribution in [0.15, 0.2) is 35.5 Å². The first kappa shape index (κ1) is 19.8. The first-order chi connectivity index (χ1) is 13.4. The van der Waals surface area contributed by atoms with E-state index in [0.717, 1.165) is 22.5 Å². The van der Waals surface area contributed by atoms with Crippen molar-refractivity contribution in [2.45, 2.75) is 18.2 Å².